The van der Waals surface area contributed by atoms with Gasteiger partial charge in [0.15, 0.2) is 17.5 Å². The van der Waals surface area contributed by atoms with Gasteiger partial charge in [-0.25, -0.2) is 30.0 Å². The summed E-state index contributed by atoms with van der Waals surface area (Å²) in [6.45, 7) is 0. The Kier molecular flexibility index (Phi) is 4.76. The lowest BCUT2D eigenvalue weighted by molar-refractivity contribution is 0.432. The lowest BCUT2D eigenvalue weighted by atomic mass is 10.3. The number of sulfonamides is 2. The Bertz CT molecular complexity index is 992. The molecule has 2 aromatic carbocycles. The van der Waals surface area contributed by atoms with Crippen molar-refractivity contribution in [1.29, 1.82) is 0 Å². The molecule has 0 amide bonds. The van der Waals surface area contributed by atoms with E-state index >= 15 is 0 Å². The lowest BCUT2D eigenvalue weighted by Crippen LogP contribution is -2.18. The van der Waals surface area contributed by atoms with Crippen LogP contribution in [0, 0.1) is 17.5 Å². The minimum Gasteiger partial charge on any atom is -0.282 e. The SMILES string of the molecule is CS(=O)(=O)Nc1ccccc1NS(=O)(=O)c1ccc(F)c(F)c1F. The molecule has 0 atom stereocenters. The van der Waals surface area contributed by atoms with Crippen molar-refractivity contribution in [3.05, 3.63) is 53.8 Å². The molecule has 0 aliphatic heterocycles. The summed E-state index contributed by atoms with van der Waals surface area (Å²) >= 11 is 0. The van der Waals surface area contributed by atoms with E-state index in [0.29, 0.717) is 12.1 Å². The first-order valence-electron chi connectivity index (χ1n) is 6.24. The van der Waals surface area contributed by atoms with Crippen molar-refractivity contribution in [3.63, 3.8) is 0 Å². The molecule has 0 bridgehead atoms. The monoisotopic (exact) mass is 380 g/mol. The van der Waals surface area contributed by atoms with Gasteiger partial charge in [-0.3, -0.25) is 9.44 Å². The van der Waals surface area contributed by atoms with E-state index in [0.717, 1.165) is 6.26 Å². The highest BCUT2D eigenvalue weighted by Gasteiger charge is 2.25. The molecule has 0 unspecified atom stereocenters. The van der Waals surface area contributed by atoms with Gasteiger partial charge in [0, 0.05) is 0 Å². The topological polar surface area (TPSA) is 92.3 Å². The number of rotatable bonds is 5. The number of benzene rings is 2. The van der Waals surface area contributed by atoms with Gasteiger partial charge in [0.25, 0.3) is 10.0 Å². The van der Waals surface area contributed by atoms with Crippen molar-refractivity contribution >= 4 is 31.4 Å². The second kappa shape index (κ2) is 6.32. The van der Waals surface area contributed by atoms with Crippen LogP contribution in [0.1, 0.15) is 0 Å². The molecule has 0 aromatic heterocycles. The molecule has 0 aliphatic carbocycles. The maximum absolute atomic E-state index is 13.7. The fraction of sp³-hybridized carbons (Fsp3) is 0.0769. The van der Waals surface area contributed by atoms with Crippen LogP contribution in [0.3, 0.4) is 0 Å². The van der Waals surface area contributed by atoms with Crippen LogP contribution in [-0.2, 0) is 20.0 Å². The van der Waals surface area contributed by atoms with E-state index in [-0.39, 0.29) is 11.4 Å². The van der Waals surface area contributed by atoms with Crippen molar-refractivity contribution in [1.82, 2.24) is 0 Å². The van der Waals surface area contributed by atoms with E-state index in [1.54, 1.807) is 0 Å². The van der Waals surface area contributed by atoms with Crippen LogP contribution in [0.15, 0.2) is 41.3 Å². The molecule has 0 spiro atoms. The number of halogens is 3. The van der Waals surface area contributed by atoms with Gasteiger partial charge in [-0.1, -0.05) is 12.1 Å². The lowest BCUT2D eigenvalue weighted by Gasteiger charge is -2.13. The number of hydrogen-bond acceptors (Lipinski definition) is 4. The average molecular weight is 380 g/mol. The van der Waals surface area contributed by atoms with Crippen LogP contribution in [0.25, 0.3) is 0 Å². The molecule has 0 saturated heterocycles. The summed E-state index contributed by atoms with van der Waals surface area (Å²) in [5, 5.41) is 0. The maximum atomic E-state index is 13.7. The summed E-state index contributed by atoms with van der Waals surface area (Å²) in [5.74, 6) is -5.35. The minimum atomic E-state index is -4.63. The predicted octanol–water partition coefficient (Wildman–Crippen LogP) is 2.28. The zero-order valence-electron chi connectivity index (χ0n) is 12.0. The van der Waals surface area contributed by atoms with E-state index in [1.165, 1.54) is 24.3 Å². The highest BCUT2D eigenvalue weighted by Crippen LogP contribution is 2.27. The molecular weight excluding hydrogens is 369 g/mol. The van der Waals surface area contributed by atoms with Crippen LogP contribution in [-0.4, -0.2) is 23.1 Å². The second-order valence-electron chi connectivity index (χ2n) is 4.70. The molecule has 6 nitrogen and oxygen atoms in total. The van der Waals surface area contributed by atoms with Gasteiger partial charge in [0.1, 0.15) is 4.90 Å². The maximum Gasteiger partial charge on any atom is 0.265 e. The van der Waals surface area contributed by atoms with Gasteiger partial charge >= 0.3 is 0 Å². The van der Waals surface area contributed by atoms with E-state index in [1.807, 2.05) is 4.72 Å². The van der Waals surface area contributed by atoms with Crippen LogP contribution in [0.4, 0.5) is 24.5 Å². The van der Waals surface area contributed by atoms with Gasteiger partial charge in [-0.2, -0.15) is 0 Å². The zero-order chi connectivity index (χ0) is 18.1. The Labute approximate surface area is 136 Å². The summed E-state index contributed by atoms with van der Waals surface area (Å²) in [4.78, 5) is -1.12. The molecule has 24 heavy (non-hydrogen) atoms. The Morgan fingerprint density at radius 1 is 0.792 bits per heavy atom. The normalized spacial score (nSPS) is 12.0. The quantitative estimate of drug-likeness (QED) is 0.779. The molecular formula is C13H11F3N2O4S2. The third-order valence-corrected chi connectivity index (χ3v) is 4.73. The summed E-state index contributed by atoms with van der Waals surface area (Å²) in [5.41, 5.74) is -0.335. The highest BCUT2D eigenvalue weighted by atomic mass is 32.2. The summed E-state index contributed by atoms with van der Waals surface area (Å²) in [7, 11) is -8.34. The fourth-order valence-electron chi connectivity index (χ4n) is 1.78. The molecule has 2 rings (SSSR count). The van der Waals surface area contributed by atoms with Crippen molar-refractivity contribution in [2.45, 2.75) is 4.90 Å². The van der Waals surface area contributed by atoms with Crippen LogP contribution >= 0.6 is 0 Å². The first kappa shape index (κ1) is 18.1. The zero-order valence-corrected chi connectivity index (χ0v) is 13.7. The standard InChI is InChI=1S/C13H11F3N2O4S2/c1-23(19,20)17-9-4-2-3-5-10(9)18-24(21,22)11-7-6-8(14)12(15)13(11)16/h2-7,17-18H,1H3. The Morgan fingerprint density at radius 2 is 1.33 bits per heavy atom. The van der Waals surface area contributed by atoms with Gasteiger partial charge < -0.3 is 0 Å². The van der Waals surface area contributed by atoms with E-state index in [9.17, 15) is 30.0 Å². The smallest absolute Gasteiger partial charge is 0.265 e. The van der Waals surface area contributed by atoms with Crippen LogP contribution < -0.4 is 9.44 Å². The molecule has 11 heteroatoms. The van der Waals surface area contributed by atoms with Crippen molar-refractivity contribution in [2.24, 2.45) is 0 Å². The number of nitrogens with one attached hydrogen (secondary N) is 2. The Balaban J connectivity index is 2.46. The van der Waals surface area contributed by atoms with E-state index in [4.69, 9.17) is 0 Å². The first-order valence-corrected chi connectivity index (χ1v) is 9.62. The number of hydrogen-bond donors (Lipinski definition) is 2. The molecule has 0 fully saturated rings. The van der Waals surface area contributed by atoms with Gasteiger partial charge in [-0.15, -0.1) is 0 Å². The summed E-state index contributed by atoms with van der Waals surface area (Å²) in [6.07, 6.45) is 0.854. The molecule has 0 aliphatic rings. The Morgan fingerprint density at radius 3 is 1.88 bits per heavy atom. The van der Waals surface area contributed by atoms with Crippen LogP contribution in [0.2, 0.25) is 0 Å². The third-order valence-electron chi connectivity index (χ3n) is 2.76. The van der Waals surface area contributed by atoms with Gasteiger partial charge in [0.05, 0.1) is 17.6 Å². The van der Waals surface area contributed by atoms with Crippen molar-refractivity contribution in [3.8, 4) is 0 Å². The average Bonchev–Trinajstić information content (AvgIpc) is 2.45. The molecule has 2 N–H and O–H groups in total. The fourth-order valence-corrected chi connectivity index (χ4v) is 3.50. The molecule has 0 radical (unpaired) electrons. The first-order chi connectivity index (χ1) is 11.0. The highest BCUT2D eigenvalue weighted by molar-refractivity contribution is 7.93. The number of para-hydroxylation sites is 2. The van der Waals surface area contributed by atoms with Crippen molar-refractivity contribution < 1.29 is 30.0 Å². The van der Waals surface area contributed by atoms with E-state index in [2.05, 4.69) is 4.72 Å². The Hall–Kier alpha value is -2.27. The van der Waals surface area contributed by atoms with E-state index < -0.39 is 42.4 Å². The molecule has 2 aromatic rings. The molecule has 0 heterocycles. The summed E-state index contributed by atoms with van der Waals surface area (Å²) < 4.78 is 90.8. The largest absolute Gasteiger partial charge is 0.282 e. The summed E-state index contributed by atoms with van der Waals surface area (Å²) in [6, 6.07) is 6.33. The molecule has 130 valence electrons. The van der Waals surface area contributed by atoms with Gasteiger partial charge in [0.2, 0.25) is 10.0 Å². The molecule has 0 saturated carbocycles. The predicted molar refractivity (Wildman–Crippen MR) is 82.0 cm³/mol. The number of anilines is 2. The minimum absolute atomic E-state index is 0.119. The second-order valence-corrected chi connectivity index (χ2v) is 8.10. The van der Waals surface area contributed by atoms with Crippen LogP contribution in [0.5, 0.6) is 0 Å². The third kappa shape index (κ3) is 3.97. The van der Waals surface area contributed by atoms with Crippen molar-refractivity contribution in [2.75, 3.05) is 15.7 Å². The van der Waals surface area contributed by atoms with Gasteiger partial charge in [-0.05, 0) is 24.3 Å².